The maximum absolute atomic E-state index is 13.5. The van der Waals surface area contributed by atoms with Crippen LogP contribution in [0.5, 0.6) is 5.75 Å². The van der Waals surface area contributed by atoms with Crippen molar-refractivity contribution >= 4 is 35.0 Å². The lowest BCUT2D eigenvalue weighted by Gasteiger charge is -2.18. The summed E-state index contributed by atoms with van der Waals surface area (Å²) in [6.07, 6.45) is 0.460. The van der Waals surface area contributed by atoms with E-state index >= 15 is 0 Å². The van der Waals surface area contributed by atoms with Crippen molar-refractivity contribution in [2.24, 2.45) is 0 Å². The number of rotatable bonds is 7. The van der Waals surface area contributed by atoms with Gasteiger partial charge in [0.05, 0.1) is 11.9 Å². The minimum absolute atomic E-state index is 0.0970. The number of para-hydroxylation sites is 2. The molecule has 1 atom stereocenters. The number of nitrogens with zero attached hydrogens (tertiary/aromatic N) is 2. The highest BCUT2D eigenvalue weighted by Crippen LogP contribution is 2.42. The van der Waals surface area contributed by atoms with Crippen LogP contribution in [0.15, 0.2) is 95.5 Å². The molecule has 3 aromatic carbocycles. The molecule has 0 unspecified atom stereocenters. The third-order valence-electron chi connectivity index (χ3n) is 5.21. The molecule has 0 aromatic heterocycles. The van der Waals surface area contributed by atoms with E-state index in [2.05, 4.69) is 5.32 Å². The van der Waals surface area contributed by atoms with Crippen LogP contribution in [0.1, 0.15) is 12.5 Å². The Balaban J connectivity index is 1.66. The van der Waals surface area contributed by atoms with Gasteiger partial charge in [0.15, 0.2) is 0 Å². The summed E-state index contributed by atoms with van der Waals surface area (Å²) in [5, 5.41) is 12.5. The van der Waals surface area contributed by atoms with Crippen molar-refractivity contribution in [3.8, 4) is 11.8 Å². The summed E-state index contributed by atoms with van der Waals surface area (Å²) in [6.45, 7) is 2.51. The van der Waals surface area contributed by atoms with Crippen LogP contribution in [-0.2, 0) is 16.0 Å². The number of benzene rings is 3. The SMILES string of the molecule is CCOc1ccc(C[C@@H]2S/C(=C(/C#N)C(=O)Nc3ccccc3)N(c3ccccc3)C2=O)cc1. The van der Waals surface area contributed by atoms with E-state index < -0.39 is 11.2 Å². The zero-order chi connectivity index (χ0) is 23.9. The van der Waals surface area contributed by atoms with E-state index in [1.807, 2.05) is 61.5 Å². The van der Waals surface area contributed by atoms with Gasteiger partial charge in [0.2, 0.25) is 5.91 Å². The molecule has 170 valence electrons. The molecule has 34 heavy (non-hydrogen) atoms. The summed E-state index contributed by atoms with van der Waals surface area (Å²) in [5.41, 5.74) is 2.06. The number of hydrogen-bond donors (Lipinski definition) is 1. The third-order valence-corrected chi connectivity index (χ3v) is 6.47. The molecule has 1 fully saturated rings. The summed E-state index contributed by atoms with van der Waals surface area (Å²) in [5.74, 6) is 0.0551. The maximum Gasteiger partial charge on any atom is 0.269 e. The van der Waals surface area contributed by atoms with Crippen molar-refractivity contribution in [1.29, 1.82) is 5.26 Å². The van der Waals surface area contributed by atoms with Gasteiger partial charge in [-0.15, -0.1) is 0 Å². The Morgan fingerprint density at radius 1 is 1.03 bits per heavy atom. The summed E-state index contributed by atoms with van der Waals surface area (Å²) >= 11 is 1.24. The summed E-state index contributed by atoms with van der Waals surface area (Å²) < 4.78 is 5.50. The quantitative estimate of drug-likeness (QED) is 0.382. The molecular weight excluding hydrogens is 446 g/mol. The van der Waals surface area contributed by atoms with Crippen LogP contribution >= 0.6 is 11.8 Å². The Hall–Kier alpha value is -4.02. The molecule has 1 N–H and O–H groups in total. The molecule has 1 aliphatic rings. The number of anilines is 2. The number of carbonyl (C=O) groups excluding carboxylic acids is 2. The molecule has 4 rings (SSSR count). The normalized spacial score (nSPS) is 16.6. The Morgan fingerprint density at radius 2 is 1.68 bits per heavy atom. The van der Waals surface area contributed by atoms with E-state index in [1.165, 1.54) is 16.7 Å². The van der Waals surface area contributed by atoms with Crippen LogP contribution in [0.3, 0.4) is 0 Å². The van der Waals surface area contributed by atoms with Crippen molar-refractivity contribution < 1.29 is 14.3 Å². The second-order valence-corrected chi connectivity index (χ2v) is 8.70. The van der Waals surface area contributed by atoms with Gasteiger partial charge >= 0.3 is 0 Å². The van der Waals surface area contributed by atoms with E-state index in [0.717, 1.165) is 11.3 Å². The maximum atomic E-state index is 13.5. The Labute approximate surface area is 202 Å². The molecule has 0 radical (unpaired) electrons. The number of ether oxygens (including phenoxy) is 1. The van der Waals surface area contributed by atoms with Gasteiger partial charge in [-0.2, -0.15) is 5.26 Å². The van der Waals surface area contributed by atoms with Gasteiger partial charge in [0, 0.05) is 11.4 Å². The molecule has 0 aliphatic carbocycles. The number of nitriles is 1. The van der Waals surface area contributed by atoms with Crippen molar-refractivity contribution in [3.63, 3.8) is 0 Å². The Kier molecular flexibility index (Phi) is 7.31. The summed E-state index contributed by atoms with van der Waals surface area (Å²) in [4.78, 5) is 28.0. The zero-order valence-corrected chi connectivity index (χ0v) is 19.4. The lowest BCUT2D eigenvalue weighted by Crippen LogP contribution is -2.30. The first kappa shape index (κ1) is 23.1. The van der Waals surface area contributed by atoms with Gasteiger partial charge in [0.1, 0.15) is 22.4 Å². The largest absolute Gasteiger partial charge is 0.494 e. The van der Waals surface area contributed by atoms with E-state index in [-0.39, 0.29) is 11.5 Å². The Bertz CT molecular complexity index is 1240. The number of amides is 2. The average molecular weight is 470 g/mol. The van der Waals surface area contributed by atoms with E-state index in [0.29, 0.717) is 29.4 Å². The molecule has 3 aromatic rings. The van der Waals surface area contributed by atoms with Crippen LogP contribution < -0.4 is 15.0 Å². The lowest BCUT2D eigenvalue weighted by atomic mass is 10.1. The van der Waals surface area contributed by atoms with Gasteiger partial charge < -0.3 is 10.1 Å². The molecule has 1 aliphatic heterocycles. The van der Waals surface area contributed by atoms with Crippen LogP contribution in [0.25, 0.3) is 0 Å². The number of hydrogen-bond acceptors (Lipinski definition) is 5. The highest BCUT2D eigenvalue weighted by Gasteiger charge is 2.40. The lowest BCUT2D eigenvalue weighted by molar-refractivity contribution is -0.117. The summed E-state index contributed by atoms with van der Waals surface area (Å²) in [7, 11) is 0. The molecule has 0 spiro atoms. The zero-order valence-electron chi connectivity index (χ0n) is 18.6. The first-order valence-electron chi connectivity index (χ1n) is 10.9. The first-order chi connectivity index (χ1) is 16.6. The van der Waals surface area contributed by atoms with Crippen LogP contribution in [0.4, 0.5) is 11.4 Å². The van der Waals surface area contributed by atoms with Gasteiger partial charge in [0.25, 0.3) is 5.91 Å². The fourth-order valence-electron chi connectivity index (χ4n) is 3.62. The number of nitrogens with one attached hydrogen (secondary N) is 1. The summed E-state index contributed by atoms with van der Waals surface area (Å²) in [6, 6.07) is 27.6. The highest BCUT2D eigenvalue weighted by molar-refractivity contribution is 8.05. The first-order valence-corrected chi connectivity index (χ1v) is 11.8. The molecule has 2 amide bonds. The highest BCUT2D eigenvalue weighted by atomic mass is 32.2. The van der Waals surface area contributed by atoms with Crippen molar-refractivity contribution in [2.75, 3.05) is 16.8 Å². The fourth-order valence-corrected chi connectivity index (χ4v) is 4.92. The van der Waals surface area contributed by atoms with E-state index in [4.69, 9.17) is 4.74 Å². The smallest absolute Gasteiger partial charge is 0.269 e. The molecule has 1 heterocycles. The third kappa shape index (κ3) is 5.13. The molecule has 0 bridgehead atoms. The van der Waals surface area contributed by atoms with Crippen LogP contribution in [0.2, 0.25) is 0 Å². The van der Waals surface area contributed by atoms with E-state index in [1.54, 1.807) is 36.4 Å². The average Bonchev–Trinajstić information content (AvgIpc) is 3.17. The van der Waals surface area contributed by atoms with Crippen molar-refractivity contribution in [2.45, 2.75) is 18.6 Å². The second kappa shape index (κ2) is 10.7. The van der Waals surface area contributed by atoms with Crippen molar-refractivity contribution in [3.05, 3.63) is 101 Å². The number of carbonyl (C=O) groups is 2. The topological polar surface area (TPSA) is 82.4 Å². The fraction of sp³-hybridized carbons (Fsp3) is 0.148. The van der Waals surface area contributed by atoms with Crippen LogP contribution in [-0.4, -0.2) is 23.7 Å². The minimum Gasteiger partial charge on any atom is -0.494 e. The van der Waals surface area contributed by atoms with Crippen LogP contribution in [0, 0.1) is 11.3 Å². The van der Waals surface area contributed by atoms with Gasteiger partial charge in [-0.1, -0.05) is 60.3 Å². The standard InChI is InChI=1S/C27H23N3O3S/c1-2-33-22-15-13-19(14-16-22)17-24-26(32)30(21-11-7-4-8-12-21)27(34-24)23(18-28)25(31)29-20-9-5-3-6-10-20/h3-16,24H,2,17H2,1H3,(H,29,31)/b27-23-/t24-/m0/s1. The van der Waals surface area contributed by atoms with Gasteiger partial charge in [-0.05, 0) is 55.3 Å². The molecular formula is C27H23N3O3S. The molecule has 6 nitrogen and oxygen atoms in total. The Morgan fingerprint density at radius 3 is 2.29 bits per heavy atom. The van der Waals surface area contributed by atoms with Gasteiger partial charge in [-0.3, -0.25) is 14.5 Å². The molecule has 7 heteroatoms. The van der Waals surface area contributed by atoms with Crippen molar-refractivity contribution in [1.82, 2.24) is 0 Å². The minimum atomic E-state index is -0.549. The molecule has 1 saturated heterocycles. The number of thioether (sulfide) groups is 1. The second-order valence-electron chi connectivity index (χ2n) is 7.51. The van der Waals surface area contributed by atoms with E-state index in [9.17, 15) is 14.9 Å². The molecule has 0 saturated carbocycles. The monoisotopic (exact) mass is 469 g/mol. The predicted molar refractivity (Wildman–Crippen MR) is 134 cm³/mol. The van der Waals surface area contributed by atoms with Gasteiger partial charge in [-0.25, -0.2) is 0 Å². The predicted octanol–water partition coefficient (Wildman–Crippen LogP) is 5.15.